The van der Waals surface area contributed by atoms with Gasteiger partial charge in [-0.15, -0.1) is 0 Å². The third-order valence-electron chi connectivity index (χ3n) is 6.47. The van der Waals surface area contributed by atoms with Crippen LogP contribution in [0.4, 0.5) is 5.82 Å². The highest BCUT2D eigenvalue weighted by Gasteiger charge is 2.44. The summed E-state index contributed by atoms with van der Waals surface area (Å²) in [5.41, 5.74) is 1.68. The van der Waals surface area contributed by atoms with Crippen LogP contribution in [-0.2, 0) is 20.8 Å². The van der Waals surface area contributed by atoms with E-state index in [9.17, 15) is 4.79 Å². The Balaban J connectivity index is 1.27. The minimum absolute atomic E-state index is 0.187. The van der Waals surface area contributed by atoms with Crippen molar-refractivity contribution >= 4 is 22.9 Å². The lowest BCUT2D eigenvalue weighted by molar-refractivity contribution is -0.145. The van der Waals surface area contributed by atoms with Gasteiger partial charge < -0.3 is 23.8 Å². The van der Waals surface area contributed by atoms with Crippen LogP contribution in [-0.4, -0.2) is 82.9 Å². The normalized spacial score (nSPS) is 27.0. The van der Waals surface area contributed by atoms with E-state index in [0.717, 1.165) is 69.0 Å². The quantitative estimate of drug-likeness (QED) is 0.738. The number of amides is 1. The molecule has 5 heterocycles. The average Bonchev–Trinajstić information content (AvgIpc) is 3.45. The van der Waals surface area contributed by atoms with Crippen LogP contribution < -0.4 is 4.90 Å². The van der Waals surface area contributed by atoms with Crippen LogP contribution in [0.15, 0.2) is 12.7 Å². The third kappa shape index (κ3) is 3.46. The van der Waals surface area contributed by atoms with Crippen LogP contribution in [0.25, 0.3) is 11.2 Å². The summed E-state index contributed by atoms with van der Waals surface area (Å²) in [4.78, 5) is 30.7. The van der Waals surface area contributed by atoms with E-state index in [1.807, 2.05) is 15.8 Å². The molecule has 0 spiro atoms. The number of hydrogen-bond acceptors (Lipinski definition) is 7. The molecule has 3 aliphatic rings. The smallest absolute Gasteiger partial charge is 0.251 e. The molecule has 0 saturated carbocycles. The molecule has 0 aromatic carbocycles. The van der Waals surface area contributed by atoms with Gasteiger partial charge in [0.1, 0.15) is 12.4 Å². The summed E-state index contributed by atoms with van der Waals surface area (Å²) < 4.78 is 12.9. The Labute approximate surface area is 170 Å². The molecule has 2 aromatic heterocycles. The van der Waals surface area contributed by atoms with Gasteiger partial charge in [0, 0.05) is 58.3 Å². The van der Waals surface area contributed by atoms with E-state index in [1.165, 1.54) is 0 Å². The van der Waals surface area contributed by atoms with E-state index in [2.05, 4.69) is 19.9 Å². The average molecular weight is 400 g/mol. The number of nitrogens with zero attached hydrogens (tertiary/aromatic N) is 6. The molecule has 0 N–H and O–H groups in total. The molecule has 3 unspecified atom stereocenters. The fourth-order valence-corrected chi connectivity index (χ4v) is 4.94. The number of rotatable bonds is 5. The van der Waals surface area contributed by atoms with Crippen molar-refractivity contribution in [2.45, 2.75) is 31.9 Å². The van der Waals surface area contributed by atoms with E-state index in [1.54, 1.807) is 13.4 Å². The monoisotopic (exact) mass is 400 g/mol. The molecule has 3 aliphatic heterocycles. The Kier molecular flexibility index (Phi) is 5.09. The lowest BCUT2D eigenvalue weighted by atomic mass is 10.0. The lowest BCUT2D eigenvalue weighted by Gasteiger charge is -2.28. The number of imidazole rings is 1. The van der Waals surface area contributed by atoms with Gasteiger partial charge in [0.2, 0.25) is 0 Å². The number of aromatic nitrogens is 4. The lowest BCUT2D eigenvalue weighted by Crippen LogP contribution is -2.42. The molecule has 9 nitrogen and oxygen atoms in total. The minimum Gasteiger partial charge on any atom is -0.383 e. The number of methoxy groups -OCH3 is 1. The zero-order valence-corrected chi connectivity index (χ0v) is 16.9. The first-order chi connectivity index (χ1) is 14.2. The Bertz CT molecular complexity index is 866. The van der Waals surface area contributed by atoms with E-state index in [4.69, 9.17) is 9.47 Å². The fraction of sp³-hybridized carbons (Fsp3) is 0.700. The van der Waals surface area contributed by atoms with Crippen molar-refractivity contribution in [3.63, 3.8) is 0 Å². The Morgan fingerprint density at radius 1 is 1.17 bits per heavy atom. The number of likely N-dealkylation sites (tertiary alicyclic amines) is 1. The van der Waals surface area contributed by atoms with Crippen molar-refractivity contribution in [1.82, 2.24) is 24.4 Å². The number of fused-ring (bicyclic) bond motifs is 2. The summed E-state index contributed by atoms with van der Waals surface area (Å²) >= 11 is 0. The molecule has 0 radical (unpaired) electrons. The molecule has 1 amide bonds. The van der Waals surface area contributed by atoms with Gasteiger partial charge in [0.25, 0.3) is 5.91 Å². The maximum atomic E-state index is 12.8. The molecule has 3 atom stereocenters. The Morgan fingerprint density at radius 2 is 2.00 bits per heavy atom. The molecule has 5 rings (SSSR count). The summed E-state index contributed by atoms with van der Waals surface area (Å²) in [7, 11) is 1.69. The van der Waals surface area contributed by atoms with Crippen LogP contribution in [0.1, 0.15) is 19.3 Å². The molecular formula is C20H28N6O3. The number of hydrogen-bond donors (Lipinski definition) is 0. The molecular weight excluding hydrogens is 372 g/mol. The Hall–Kier alpha value is -2.26. The maximum absolute atomic E-state index is 12.8. The maximum Gasteiger partial charge on any atom is 0.251 e. The van der Waals surface area contributed by atoms with Crippen molar-refractivity contribution in [2.24, 2.45) is 11.8 Å². The van der Waals surface area contributed by atoms with Gasteiger partial charge in [0.15, 0.2) is 17.0 Å². The molecule has 0 bridgehead atoms. The Morgan fingerprint density at radius 3 is 2.72 bits per heavy atom. The van der Waals surface area contributed by atoms with Gasteiger partial charge in [-0.2, -0.15) is 0 Å². The van der Waals surface area contributed by atoms with Crippen molar-refractivity contribution in [3.8, 4) is 0 Å². The van der Waals surface area contributed by atoms with Gasteiger partial charge >= 0.3 is 0 Å². The van der Waals surface area contributed by atoms with Gasteiger partial charge in [-0.25, -0.2) is 15.0 Å². The summed E-state index contributed by atoms with van der Waals surface area (Å²) in [5.74, 6) is 2.03. The van der Waals surface area contributed by atoms with E-state index < -0.39 is 0 Å². The van der Waals surface area contributed by atoms with Crippen molar-refractivity contribution < 1.29 is 14.3 Å². The minimum atomic E-state index is -0.226. The predicted molar refractivity (Wildman–Crippen MR) is 107 cm³/mol. The first kappa shape index (κ1) is 18.7. The van der Waals surface area contributed by atoms with Crippen molar-refractivity contribution in [2.75, 3.05) is 51.4 Å². The van der Waals surface area contributed by atoms with E-state index in [0.29, 0.717) is 25.0 Å². The molecule has 0 aliphatic carbocycles. The SMILES string of the molecule is COCCn1cnc2c(N3CC4CN(C(=O)C5CCCCO5)CC4C3)ncnc21. The van der Waals surface area contributed by atoms with Gasteiger partial charge in [-0.05, 0) is 19.3 Å². The highest BCUT2D eigenvalue weighted by atomic mass is 16.5. The molecule has 156 valence electrons. The highest BCUT2D eigenvalue weighted by molar-refractivity contribution is 5.84. The highest BCUT2D eigenvalue weighted by Crippen LogP contribution is 2.35. The molecule has 3 saturated heterocycles. The van der Waals surface area contributed by atoms with E-state index in [-0.39, 0.29) is 12.0 Å². The van der Waals surface area contributed by atoms with Crippen LogP contribution >= 0.6 is 0 Å². The second kappa shape index (κ2) is 7.87. The number of ether oxygens (including phenoxy) is 2. The predicted octanol–water partition coefficient (Wildman–Crippen LogP) is 0.936. The first-order valence-corrected chi connectivity index (χ1v) is 10.5. The topological polar surface area (TPSA) is 85.6 Å². The van der Waals surface area contributed by atoms with Crippen LogP contribution in [0, 0.1) is 11.8 Å². The second-order valence-electron chi connectivity index (χ2n) is 8.32. The van der Waals surface area contributed by atoms with Gasteiger partial charge in [-0.1, -0.05) is 0 Å². The summed E-state index contributed by atoms with van der Waals surface area (Å²) in [6, 6.07) is 0. The summed E-state index contributed by atoms with van der Waals surface area (Å²) in [5, 5.41) is 0. The van der Waals surface area contributed by atoms with Crippen LogP contribution in [0.5, 0.6) is 0 Å². The molecule has 29 heavy (non-hydrogen) atoms. The zero-order chi connectivity index (χ0) is 19.8. The first-order valence-electron chi connectivity index (χ1n) is 10.5. The van der Waals surface area contributed by atoms with Crippen molar-refractivity contribution in [3.05, 3.63) is 12.7 Å². The van der Waals surface area contributed by atoms with Crippen LogP contribution in [0.2, 0.25) is 0 Å². The third-order valence-corrected chi connectivity index (χ3v) is 6.47. The van der Waals surface area contributed by atoms with Gasteiger partial charge in [0.05, 0.1) is 12.9 Å². The van der Waals surface area contributed by atoms with Crippen LogP contribution in [0.3, 0.4) is 0 Å². The molecule has 2 aromatic rings. The van der Waals surface area contributed by atoms with Gasteiger partial charge in [-0.3, -0.25) is 4.79 Å². The fourth-order valence-electron chi connectivity index (χ4n) is 4.94. The summed E-state index contributed by atoms with van der Waals surface area (Å²) in [6.45, 7) is 5.48. The molecule has 3 fully saturated rings. The zero-order valence-electron chi connectivity index (χ0n) is 16.9. The summed E-state index contributed by atoms with van der Waals surface area (Å²) in [6.07, 6.45) is 6.22. The standard InChI is InChI=1S/C20H28N6O3/c1-28-7-5-24-13-23-17-18(24)21-12-22-19(17)25-8-14-10-26(11-15(14)9-25)20(27)16-4-2-3-6-29-16/h12-16H,2-11H2,1H3. The number of carbonyl (C=O) groups is 1. The largest absolute Gasteiger partial charge is 0.383 e. The van der Waals surface area contributed by atoms with E-state index >= 15 is 0 Å². The second-order valence-corrected chi connectivity index (χ2v) is 8.32. The number of anilines is 1. The van der Waals surface area contributed by atoms with Crippen molar-refractivity contribution in [1.29, 1.82) is 0 Å². The number of carbonyl (C=O) groups excluding carboxylic acids is 1. The molecule has 9 heteroatoms.